The van der Waals surface area contributed by atoms with Crippen LogP contribution in [0.3, 0.4) is 0 Å². The van der Waals surface area contributed by atoms with Crippen LogP contribution in [0.1, 0.15) is 31.2 Å². The number of ether oxygens (including phenoxy) is 6. The molecule has 7 nitrogen and oxygen atoms in total. The first-order chi connectivity index (χ1) is 14.4. The summed E-state index contributed by atoms with van der Waals surface area (Å²) in [5.41, 5.74) is 0.402. The maximum atomic E-state index is 12.8. The summed E-state index contributed by atoms with van der Waals surface area (Å²) < 4.78 is 33.9. The molecule has 7 heteroatoms. The highest BCUT2D eigenvalue weighted by molar-refractivity contribution is 5.99. The standard InChI is InChI=1S/C23H30O7/c1-8-9-23-12-17(27-5)19(24)21(29-7)22(23)30-13(2)18(23)14-10-15(25-3)20(28-6)16(11-14)26-4/h8,10-11,13,17-18H,1,9,12H2,2-7H3. The molecule has 1 heterocycles. The molecule has 0 radical (unpaired) electrons. The first-order valence-electron chi connectivity index (χ1n) is 9.85. The molecule has 1 saturated heterocycles. The molecule has 0 bridgehead atoms. The molecule has 1 aliphatic carbocycles. The van der Waals surface area contributed by atoms with E-state index in [1.54, 1.807) is 21.3 Å². The summed E-state index contributed by atoms with van der Waals surface area (Å²) in [7, 11) is 7.77. The molecule has 1 fully saturated rings. The van der Waals surface area contributed by atoms with Gasteiger partial charge in [-0.1, -0.05) is 6.08 Å². The smallest absolute Gasteiger partial charge is 0.229 e. The highest BCUT2D eigenvalue weighted by Crippen LogP contribution is 2.61. The Morgan fingerprint density at radius 1 is 1.10 bits per heavy atom. The Balaban J connectivity index is 2.26. The van der Waals surface area contributed by atoms with Crippen LogP contribution in [-0.2, 0) is 19.0 Å². The van der Waals surface area contributed by atoms with Gasteiger partial charge in [0.25, 0.3) is 0 Å². The van der Waals surface area contributed by atoms with Crippen molar-refractivity contribution in [3.8, 4) is 17.2 Å². The molecule has 1 aromatic rings. The normalized spacial score (nSPS) is 27.9. The van der Waals surface area contributed by atoms with Crippen LogP contribution in [0.5, 0.6) is 17.2 Å². The van der Waals surface area contributed by atoms with Crippen LogP contribution in [0, 0.1) is 5.41 Å². The monoisotopic (exact) mass is 418 g/mol. The van der Waals surface area contributed by atoms with Crippen LogP contribution < -0.4 is 14.2 Å². The molecule has 0 aromatic heterocycles. The van der Waals surface area contributed by atoms with E-state index in [-0.39, 0.29) is 23.6 Å². The van der Waals surface area contributed by atoms with E-state index in [0.29, 0.717) is 35.8 Å². The van der Waals surface area contributed by atoms with Gasteiger partial charge in [0.15, 0.2) is 11.5 Å². The first-order valence-corrected chi connectivity index (χ1v) is 9.85. The van der Waals surface area contributed by atoms with E-state index in [2.05, 4.69) is 6.58 Å². The van der Waals surface area contributed by atoms with E-state index in [4.69, 9.17) is 28.4 Å². The van der Waals surface area contributed by atoms with Gasteiger partial charge < -0.3 is 28.4 Å². The number of allylic oxidation sites excluding steroid dienone is 2. The van der Waals surface area contributed by atoms with Crippen molar-refractivity contribution in [2.45, 2.75) is 37.9 Å². The summed E-state index contributed by atoms with van der Waals surface area (Å²) in [5, 5.41) is 0. The van der Waals surface area contributed by atoms with Crippen molar-refractivity contribution < 1.29 is 33.2 Å². The predicted molar refractivity (Wildman–Crippen MR) is 111 cm³/mol. The number of hydrogen-bond donors (Lipinski definition) is 0. The van der Waals surface area contributed by atoms with Crippen molar-refractivity contribution in [3.63, 3.8) is 0 Å². The fourth-order valence-electron chi connectivity index (χ4n) is 4.96. The quantitative estimate of drug-likeness (QED) is 0.597. The molecule has 2 aliphatic rings. The zero-order valence-electron chi connectivity index (χ0n) is 18.4. The summed E-state index contributed by atoms with van der Waals surface area (Å²) in [6.45, 7) is 5.95. The highest BCUT2D eigenvalue weighted by Gasteiger charge is 2.59. The lowest BCUT2D eigenvalue weighted by Crippen LogP contribution is -2.42. The summed E-state index contributed by atoms with van der Waals surface area (Å²) >= 11 is 0. The Morgan fingerprint density at radius 3 is 2.20 bits per heavy atom. The van der Waals surface area contributed by atoms with Crippen LogP contribution in [0.15, 0.2) is 36.3 Å². The van der Waals surface area contributed by atoms with Gasteiger partial charge in [0.1, 0.15) is 18.0 Å². The van der Waals surface area contributed by atoms with Gasteiger partial charge in [-0.15, -0.1) is 6.58 Å². The Morgan fingerprint density at radius 2 is 1.73 bits per heavy atom. The number of carbonyl (C=O) groups is 1. The second-order valence-electron chi connectivity index (χ2n) is 7.56. The van der Waals surface area contributed by atoms with Gasteiger partial charge in [-0.05, 0) is 37.5 Å². The van der Waals surface area contributed by atoms with Gasteiger partial charge in [0.2, 0.25) is 17.3 Å². The van der Waals surface area contributed by atoms with Crippen molar-refractivity contribution in [2.24, 2.45) is 5.41 Å². The summed E-state index contributed by atoms with van der Waals surface area (Å²) in [4.78, 5) is 12.8. The van der Waals surface area contributed by atoms with Gasteiger partial charge in [-0.25, -0.2) is 0 Å². The van der Waals surface area contributed by atoms with Gasteiger partial charge in [-0.3, -0.25) is 4.79 Å². The van der Waals surface area contributed by atoms with Gasteiger partial charge >= 0.3 is 0 Å². The Kier molecular flexibility index (Phi) is 6.31. The maximum absolute atomic E-state index is 12.8. The van der Waals surface area contributed by atoms with Crippen LogP contribution >= 0.6 is 0 Å². The van der Waals surface area contributed by atoms with Gasteiger partial charge in [0.05, 0.1) is 28.4 Å². The van der Waals surface area contributed by atoms with Crippen LogP contribution in [0.2, 0.25) is 0 Å². The molecular weight excluding hydrogens is 388 g/mol. The average Bonchev–Trinajstić information content (AvgIpc) is 3.03. The lowest BCUT2D eigenvalue weighted by Gasteiger charge is -2.39. The van der Waals surface area contributed by atoms with Crippen molar-refractivity contribution in [1.82, 2.24) is 0 Å². The SMILES string of the molecule is C=CCC12CC(OC)C(=O)C(OC)=C1OC(C)C2c1cc(OC)c(OC)c(OC)c1. The van der Waals surface area contributed by atoms with E-state index < -0.39 is 11.5 Å². The molecule has 0 N–H and O–H groups in total. The van der Waals surface area contributed by atoms with E-state index in [0.717, 1.165) is 5.56 Å². The molecule has 4 unspecified atom stereocenters. The number of hydrogen-bond acceptors (Lipinski definition) is 7. The number of ketones is 1. The zero-order chi connectivity index (χ0) is 22.1. The van der Waals surface area contributed by atoms with Crippen molar-refractivity contribution >= 4 is 5.78 Å². The second-order valence-corrected chi connectivity index (χ2v) is 7.56. The fourth-order valence-corrected chi connectivity index (χ4v) is 4.96. The molecule has 3 rings (SSSR count). The van der Waals surface area contributed by atoms with Crippen LogP contribution in [0.25, 0.3) is 0 Å². The molecule has 0 spiro atoms. The fraction of sp³-hybridized carbons (Fsp3) is 0.522. The van der Waals surface area contributed by atoms with Crippen LogP contribution in [0.4, 0.5) is 0 Å². The van der Waals surface area contributed by atoms with E-state index in [1.165, 1.54) is 14.2 Å². The highest BCUT2D eigenvalue weighted by atomic mass is 16.5. The minimum atomic E-state index is -0.623. The molecule has 1 aliphatic heterocycles. The molecule has 30 heavy (non-hydrogen) atoms. The predicted octanol–water partition coefficient (Wildman–Crippen LogP) is 3.62. The largest absolute Gasteiger partial charge is 0.493 e. The Hall–Kier alpha value is -2.67. The summed E-state index contributed by atoms with van der Waals surface area (Å²) in [5.74, 6) is 2.11. The number of rotatable bonds is 8. The molecular formula is C23H30O7. The van der Waals surface area contributed by atoms with E-state index in [1.807, 2.05) is 25.1 Å². The Bertz CT molecular complexity index is 834. The second kappa shape index (κ2) is 8.60. The summed E-state index contributed by atoms with van der Waals surface area (Å²) in [6.07, 6.45) is 2.05. The number of fused-ring (bicyclic) bond motifs is 1. The van der Waals surface area contributed by atoms with Gasteiger partial charge in [-0.2, -0.15) is 0 Å². The third kappa shape index (κ3) is 3.21. The van der Waals surface area contributed by atoms with Gasteiger partial charge in [0, 0.05) is 18.4 Å². The van der Waals surface area contributed by atoms with Crippen molar-refractivity contribution in [1.29, 1.82) is 0 Å². The minimum Gasteiger partial charge on any atom is -0.493 e. The number of methoxy groups -OCH3 is 5. The third-order valence-electron chi connectivity index (χ3n) is 6.14. The van der Waals surface area contributed by atoms with E-state index >= 15 is 0 Å². The minimum absolute atomic E-state index is 0.116. The zero-order valence-corrected chi connectivity index (χ0v) is 18.4. The Labute approximate surface area is 177 Å². The number of carbonyl (C=O) groups excluding carboxylic acids is 1. The van der Waals surface area contributed by atoms with E-state index in [9.17, 15) is 4.79 Å². The molecule has 1 aromatic carbocycles. The van der Waals surface area contributed by atoms with Crippen molar-refractivity contribution in [2.75, 3.05) is 35.5 Å². The van der Waals surface area contributed by atoms with Crippen molar-refractivity contribution in [3.05, 3.63) is 41.9 Å². The summed E-state index contributed by atoms with van der Waals surface area (Å²) in [6, 6.07) is 3.87. The molecule has 164 valence electrons. The molecule has 0 saturated carbocycles. The lowest BCUT2D eigenvalue weighted by atomic mass is 9.63. The number of benzene rings is 1. The topological polar surface area (TPSA) is 72.5 Å². The average molecular weight is 418 g/mol. The lowest BCUT2D eigenvalue weighted by molar-refractivity contribution is -0.132. The molecule has 4 atom stereocenters. The van der Waals surface area contributed by atoms with Crippen LogP contribution in [-0.4, -0.2) is 53.5 Å². The molecule has 0 amide bonds. The maximum Gasteiger partial charge on any atom is 0.229 e. The first kappa shape index (κ1) is 22.0. The third-order valence-corrected chi connectivity index (χ3v) is 6.14. The number of Topliss-reactive ketones (excluding diaryl/α,β-unsaturated/α-hetero) is 1.